The van der Waals surface area contributed by atoms with Gasteiger partial charge in [-0.05, 0) is 40.2 Å². The third kappa shape index (κ3) is 2.80. The van der Waals surface area contributed by atoms with E-state index in [1.165, 1.54) is 5.75 Å². The summed E-state index contributed by atoms with van der Waals surface area (Å²) < 4.78 is 0.886. The van der Waals surface area contributed by atoms with E-state index in [0.717, 1.165) is 35.3 Å². The molecule has 0 aliphatic carbocycles. The molecule has 1 saturated heterocycles. The molecule has 0 N–H and O–H groups in total. The van der Waals surface area contributed by atoms with Gasteiger partial charge in [0.05, 0.1) is 5.56 Å². The standard InChI is InChI=1S/C12H14BrNOS/c13-11-5-2-1-4-10(11)12(15)14-6-3-8-16-9-7-14/h1-2,4-5H,3,6-9H2. The summed E-state index contributed by atoms with van der Waals surface area (Å²) in [7, 11) is 0. The Bertz CT molecular complexity index is 375. The topological polar surface area (TPSA) is 20.3 Å². The quantitative estimate of drug-likeness (QED) is 0.794. The molecule has 1 aliphatic rings. The molecule has 4 heteroatoms. The minimum absolute atomic E-state index is 0.148. The number of carbonyl (C=O) groups is 1. The van der Waals surface area contributed by atoms with E-state index in [0.29, 0.717) is 0 Å². The van der Waals surface area contributed by atoms with E-state index in [-0.39, 0.29) is 5.91 Å². The molecule has 1 fully saturated rings. The van der Waals surface area contributed by atoms with E-state index >= 15 is 0 Å². The fraction of sp³-hybridized carbons (Fsp3) is 0.417. The molecule has 1 aromatic rings. The molecule has 16 heavy (non-hydrogen) atoms. The monoisotopic (exact) mass is 299 g/mol. The van der Waals surface area contributed by atoms with Gasteiger partial charge in [-0.15, -0.1) is 0 Å². The molecule has 0 unspecified atom stereocenters. The van der Waals surface area contributed by atoms with Gasteiger partial charge in [0.15, 0.2) is 0 Å². The van der Waals surface area contributed by atoms with Crippen molar-refractivity contribution in [3.63, 3.8) is 0 Å². The van der Waals surface area contributed by atoms with Crippen LogP contribution < -0.4 is 0 Å². The summed E-state index contributed by atoms with van der Waals surface area (Å²) in [6.45, 7) is 1.75. The number of rotatable bonds is 1. The first kappa shape index (κ1) is 12.0. The van der Waals surface area contributed by atoms with Gasteiger partial charge in [0.2, 0.25) is 0 Å². The van der Waals surface area contributed by atoms with Crippen LogP contribution in [0, 0.1) is 0 Å². The molecule has 0 saturated carbocycles. The van der Waals surface area contributed by atoms with E-state index in [1.807, 2.05) is 40.9 Å². The van der Waals surface area contributed by atoms with Crippen LogP contribution in [-0.2, 0) is 0 Å². The van der Waals surface area contributed by atoms with E-state index in [2.05, 4.69) is 15.9 Å². The first-order valence-electron chi connectivity index (χ1n) is 5.40. The van der Waals surface area contributed by atoms with Crippen LogP contribution >= 0.6 is 27.7 Å². The number of thioether (sulfide) groups is 1. The van der Waals surface area contributed by atoms with Crippen LogP contribution in [0.3, 0.4) is 0 Å². The Kier molecular flexibility index (Phi) is 4.29. The highest BCUT2D eigenvalue weighted by atomic mass is 79.9. The van der Waals surface area contributed by atoms with Crippen molar-refractivity contribution >= 4 is 33.6 Å². The van der Waals surface area contributed by atoms with Crippen molar-refractivity contribution in [3.05, 3.63) is 34.3 Å². The van der Waals surface area contributed by atoms with Gasteiger partial charge in [-0.2, -0.15) is 11.8 Å². The molecule has 1 aromatic carbocycles. The van der Waals surface area contributed by atoms with Gasteiger partial charge < -0.3 is 4.90 Å². The van der Waals surface area contributed by atoms with Crippen LogP contribution in [0.4, 0.5) is 0 Å². The molecule has 1 heterocycles. The second-order valence-corrected chi connectivity index (χ2v) is 5.82. The number of hydrogen-bond acceptors (Lipinski definition) is 2. The predicted molar refractivity (Wildman–Crippen MR) is 72.0 cm³/mol. The molecule has 0 spiro atoms. The van der Waals surface area contributed by atoms with Crippen LogP contribution in [0.25, 0.3) is 0 Å². The van der Waals surface area contributed by atoms with Crippen LogP contribution in [0.1, 0.15) is 16.8 Å². The van der Waals surface area contributed by atoms with Gasteiger partial charge in [-0.25, -0.2) is 0 Å². The number of carbonyl (C=O) groups excluding carboxylic acids is 1. The maximum absolute atomic E-state index is 12.3. The third-order valence-electron chi connectivity index (χ3n) is 2.61. The highest BCUT2D eigenvalue weighted by Crippen LogP contribution is 2.19. The van der Waals surface area contributed by atoms with Crippen molar-refractivity contribution in [1.82, 2.24) is 4.90 Å². The maximum Gasteiger partial charge on any atom is 0.255 e. The fourth-order valence-corrected chi connectivity index (χ4v) is 3.10. The van der Waals surface area contributed by atoms with E-state index in [4.69, 9.17) is 0 Å². The van der Waals surface area contributed by atoms with Crippen molar-refractivity contribution in [1.29, 1.82) is 0 Å². The van der Waals surface area contributed by atoms with E-state index < -0.39 is 0 Å². The lowest BCUT2D eigenvalue weighted by molar-refractivity contribution is 0.0767. The fourth-order valence-electron chi connectivity index (χ4n) is 1.75. The summed E-state index contributed by atoms with van der Waals surface area (Å²) in [5.74, 6) is 2.37. The van der Waals surface area contributed by atoms with E-state index in [9.17, 15) is 4.79 Å². The zero-order valence-electron chi connectivity index (χ0n) is 8.99. The summed E-state index contributed by atoms with van der Waals surface area (Å²) in [5.41, 5.74) is 0.773. The van der Waals surface area contributed by atoms with E-state index in [1.54, 1.807) is 0 Å². The minimum Gasteiger partial charge on any atom is -0.338 e. The maximum atomic E-state index is 12.3. The van der Waals surface area contributed by atoms with Gasteiger partial charge >= 0.3 is 0 Å². The van der Waals surface area contributed by atoms with Crippen LogP contribution in [0.5, 0.6) is 0 Å². The van der Waals surface area contributed by atoms with Crippen LogP contribution in [0.15, 0.2) is 28.7 Å². The number of amides is 1. The summed E-state index contributed by atoms with van der Waals surface area (Å²) in [6.07, 6.45) is 1.10. The molecule has 1 aliphatic heterocycles. The molecular formula is C12H14BrNOS. The Morgan fingerprint density at radius 2 is 2.06 bits per heavy atom. The smallest absolute Gasteiger partial charge is 0.255 e. The molecule has 1 amide bonds. The third-order valence-corrected chi connectivity index (χ3v) is 4.35. The average Bonchev–Trinajstić information content (AvgIpc) is 2.57. The lowest BCUT2D eigenvalue weighted by Gasteiger charge is -2.20. The Labute approximate surface area is 109 Å². The van der Waals surface area contributed by atoms with Gasteiger partial charge in [0, 0.05) is 23.3 Å². The van der Waals surface area contributed by atoms with Gasteiger partial charge in [0.25, 0.3) is 5.91 Å². The van der Waals surface area contributed by atoms with Gasteiger partial charge in [0.1, 0.15) is 0 Å². The summed E-state index contributed by atoms with van der Waals surface area (Å²) >= 11 is 5.36. The molecule has 2 nitrogen and oxygen atoms in total. The zero-order chi connectivity index (χ0) is 11.4. The Morgan fingerprint density at radius 3 is 2.88 bits per heavy atom. The first-order chi connectivity index (χ1) is 7.79. The lowest BCUT2D eigenvalue weighted by Crippen LogP contribution is -2.33. The second-order valence-electron chi connectivity index (χ2n) is 3.74. The van der Waals surface area contributed by atoms with Crippen molar-refractivity contribution in [2.45, 2.75) is 6.42 Å². The molecule has 0 radical (unpaired) electrons. The molecule has 0 bridgehead atoms. The Hall–Kier alpha value is -0.480. The van der Waals surface area contributed by atoms with Crippen molar-refractivity contribution in [2.24, 2.45) is 0 Å². The summed E-state index contributed by atoms with van der Waals surface area (Å²) in [4.78, 5) is 14.2. The summed E-state index contributed by atoms with van der Waals surface area (Å²) in [6, 6.07) is 7.63. The van der Waals surface area contributed by atoms with Gasteiger partial charge in [-0.3, -0.25) is 4.79 Å². The minimum atomic E-state index is 0.148. The van der Waals surface area contributed by atoms with Crippen molar-refractivity contribution < 1.29 is 4.79 Å². The lowest BCUT2D eigenvalue weighted by atomic mass is 10.2. The number of hydrogen-bond donors (Lipinski definition) is 0. The Morgan fingerprint density at radius 1 is 1.25 bits per heavy atom. The number of benzene rings is 1. The average molecular weight is 300 g/mol. The highest BCUT2D eigenvalue weighted by molar-refractivity contribution is 9.10. The SMILES string of the molecule is O=C(c1ccccc1Br)N1CCCSCC1. The molecule has 2 rings (SSSR count). The largest absolute Gasteiger partial charge is 0.338 e. The van der Waals surface area contributed by atoms with Crippen LogP contribution in [0.2, 0.25) is 0 Å². The summed E-state index contributed by atoms with van der Waals surface area (Å²) in [5, 5.41) is 0. The first-order valence-corrected chi connectivity index (χ1v) is 7.35. The Balaban J connectivity index is 2.14. The molecule has 0 aromatic heterocycles. The normalized spacial score (nSPS) is 16.9. The van der Waals surface area contributed by atoms with Crippen LogP contribution in [-0.4, -0.2) is 35.4 Å². The van der Waals surface area contributed by atoms with Crippen molar-refractivity contribution in [2.75, 3.05) is 24.6 Å². The predicted octanol–water partition coefficient (Wildman–Crippen LogP) is 3.03. The number of halogens is 1. The molecular weight excluding hydrogens is 286 g/mol. The van der Waals surface area contributed by atoms with Gasteiger partial charge in [-0.1, -0.05) is 12.1 Å². The van der Waals surface area contributed by atoms with Crippen molar-refractivity contribution in [3.8, 4) is 0 Å². The highest BCUT2D eigenvalue weighted by Gasteiger charge is 2.18. The number of nitrogens with zero attached hydrogens (tertiary/aromatic N) is 1. The second kappa shape index (κ2) is 5.73. The molecule has 86 valence electrons. The molecule has 0 atom stereocenters. The zero-order valence-corrected chi connectivity index (χ0v) is 11.4.